The zero-order chi connectivity index (χ0) is 19.8. The molecular weight excluding hydrogens is 354 g/mol. The molecule has 1 fully saturated rings. The topological polar surface area (TPSA) is 72.5 Å². The molecule has 0 bridgehead atoms. The number of amides is 1. The monoisotopic (exact) mass is 383 g/mol. The van der Waals surface area contributed by atoms with Crippen molar-refractivity contribution in [1.29, 1.82) is 0 Å². The highest BCUT2D eigenvalue weighted by Crippen LogP contribution is 2.30. The highest BCUT2D eigenvalue weighted by Gasteiger charge is 2.27. The second-order valence-corrected chi connectivity index (χ2v) is 7.49. The van der Waals surface area contributed by atoms with Crippen molar-refractivity contribution in [2.75, 3.05) is 26.2 Å². The number of nitrogens with one attached hydrogen (secondary N) is 2. The van der Waals surface area contributed by atoms with Crippen LogP contribution in [0, 0.1) is 5.41 Å². The fourth-order valence-corrected chi connectivity index (χ4v) is 3.28. The highest BCUT2D eigenvalue weighted by atomic mass is 16.5. The fraction of sp³-hybridized carbons (Fsp3) is 0.455. The molecule has 28 heavy (non-hydrogen) atoms. The Hall–Kier alpha value is -2.60. The summed E-state index contributed by atoms with van der Waals surface area (Å²) >= 11 is 0. The predicted molar refractivity (Wildman–Crippen MR) is 109 cm³/mol. The van der Waals surface area contributed by atoms with E-state index in [1.54, 1.807) is 30.6 Å². The number of piperidine rings is 1. The van der Waals surface area contributed by atoms with E-state index in [0.29, 0.717) is 36.8 Å². The predicted octanol–water partition coefficient (Wildman–Crippen LogP) is 3.18. The first-order valence-corrected chi connectivity index (χ1v) is 9.87. The van der Waals surface area contributed by atoms with Crippen LogP contribution in [-0.2, 0) is 6.61 Å². The van der Waals surface area contributed by atoms with Crippen LogP contribution in [-0.4, -0.2) is 37.1 Å². The minimum absolute atomic E-state index is 0.0838. The summed E-state index contributed by atoms with van der Waals surface area (Å²) in [6, 6.07) is 9.15. The Bertz CT molecular complexity index is 774. The number of hydrogen-bond donors (Lipinski definition) is 2. The van der Waals surface area contributed by atoms with Gasteiger partial charge >= 0.3 is 0 Å². The summed E-state index contributed by atoms with van der Waals surface area (Å²) < 4.78 is 11.6. The van der Waals surface area contributed by atoms with E-state index in [-0.39, 0.29) is 11.3 Å². The van der Waals surface area contributed by atoms with Crippen LogP contribution in [0.3, 0.4) is 0 Å². The molecule has 0 saturated carbocycles. The van der Waals surface area contributed by atoms with Crippen molar-refractivity contribution in [2.45, 2.75) is 33.3 Å². The van der Waals surface area contributed by atoms with Gasteiger partial charge in [0.2, 0.25) is 0 Å². The molecule has 6 nitrogen and oxygen atoms in total. The first-order valence-electron chi connectivity index (χ1n) is 9.87. The van der Waals surface area contributed by atoms with E-state index >= 15 is 0 Å². The van der Waals surface area contributed by atoms with E-state index < -0.39 is 0 Å². The maximum absolute atomic E-state index is 12.6. The van der Waals surface area contributed by atoms with Gasteiger partial charge in [0, 0.05) is 30.1 Å². The molecule has 0 atom stereocenters. The lowest BCUT2D eigenvalue weighted by atomic mass is 9.81. The highest BCUT2D eigenvalue weighted by molar-refractivity contribution is 5.94. The minimum Gasteiger partial charge on any atom is -0.490 e. The van der Waals surface area contributed by atoms with Crippen molar-refractivity contribution >= 4 is 5.91 Å². The average molecular weight is 383 g/mol. The number of hydrogen-bond acceptors (Lipinski definition) is 5. The molecule has 2 aromatic rings. The van der Waals surface area contributed by atoms with Gasteiger partial charge in [-0.1, -0.05) is 13.0 Å². The number of rotatable bonds is 8. The van der Waals surface area contributed by atoms with Gasteiger partial charge in [-0.25, -0.2) is 0 Å². The minimum atomic E-state index is -0.0838. The van der Waals surface area contributed by atoms with Crippen LogP contribution in [0.25, 0.3) is 0 Å². The summed E-state index contributed by atoms with van der Waals surface area (Å²) in [5.41, 5.74) is 1.70. The first-order chi connectivity index (χ1) is 13.6. The molecule has 1 aliphatic heterocycles. The molecule has 1 aromatic heterocycles. The van der Waals surface area contributed by atoms with Gasteiger partial charge in [-0.2, -0.15) is 0 Å². The zero-order valence-corrected chi connectivity index (χ0v) is 16.7. The van der Waals surface area contributed by atoms with E-state index in [0.717, 1.165) is 31.5 Å². The molecule has 150 valence electrons. The summed E-state index contributed by atoms with van der Waals surface area (Å²) in [4.78, 5) is 16.7. The SMILES string of the molecule is CCOc1cc(C(=O)NCC2(C)CCNCC2)ccc1OCc1cccnc1. The van der Waals surface area contributed by atoms with Crippen molar-refractivity contribution in [2.24, 2.45) is 5.41 Å². The number of carbonyl (C=O) groups excluding carboxylic acids is 1. The van der Waals surface area contributed by atoms with Gasteiger partial charge in [0.15, 0.2) is 11.5 Å². The maximum atomic E-state index is 12.6. The van der Waals surface area contributed by atoms with Crippen molar-refractivity contribution in [1.82, 2.24) is 15.6 Å². The van der Waals surface area contributed by atoms with Gasteiger partial charge in [-0.05, 0) is 62.5 Å². The third-order valence-electron chi connectivity index (χ3n) is 5.11. The van der Waals surface area contributed by atoms with Crippen molar-refractivity contribution in [3.63, 3.8) is 0 Å². The molecule has 0 radical (unpaired) electrons. The number of nitrogens with zero attached hydrogens (tertiary/aromatic N) is 1. The van der Waals surface area contributed by atoms with E-state index in [4.69, 9.17) is 9.47 Å². The molecule has 6 heteroatoms. The van der Waals surface area contributed by atoms with Crippen LogP contribution in [0.15, 0.2) is 42.7 Å². The smallest absolute Gasteiger partial charge is 0.251 e. The Labute approximate surface area is 166 Å². The molecule has 0 spiro atoms. The van der Waals surface area contributed by atoms with Crippen LogP contribution >= 0.6 is 0 Å². The van der Waals surface area contributed by atoms with Gasteiger partial charge in [0.05, 0.1) is 6.61 Å². The van der Waals surface area contributed by atoms with Crippen LogP contribution in [0.4, 0.5) is 0 Å². The summed E-state index contributed by atoms with van der Waals surface area (Å²) in [6.45, 7) is 7.72. The second kappa shape index (κ2) is 9.55. The second-order valence-electron chi connectivity index (χ2n) is 7.49. The largest absolute Gasteiger partial charge is 0.490 e. The average Bonchev–Trinajstić information content (AvgIpc) is 2.72. The molecule has 0 aliphatic carbocycles. The van der Waals surface area contributed by atoms with E-state index in [1.807, 2.05) is 19.1 Å². The molecule has 1 saturated heterocycles. The molecule has 0 unspecified atom stereocenters. The third-order valence-corrected chi connectivity index (χ3v) is 5.11. The number of pyridine rings is 1. The third kappa shape index (κ3) is 5.45. The van der Waals surface area contributed by atoms with Crippen molar-refractivity contribution in [3.05, 3.63) is 53.9 Å². The maximum Gasteiger partial charge on any atom is 0.251 e. The Morgan fingerprint density at radius 1 is 1.21 bits per heavy atom. The summed E-state index contributed by atoms with van der Waals surface area (Å²) in [5, 5.41) is 6.45. The molecule has 3 rings (SSSR count). The number of carbonyl (C=O) groups is 1. The lowest BCUT2D eigenvalue weighted by molar-refractivity contribution is 0.0921. The van der Waals surface area contributed by atoms with Gasteiger partial charge in [-0.15, -0.1) is 0 Å². The quantitative estimate of drug-likeness (QED) is 0.733. The summed E-state index contributed by atoms with van der Waals surface area (Å²) in [7, 11) is 0. The first kappa shape index (κ1) is 20.1. The molecule has 2 heterocycles. The van der Waals surface area contributed by atoms with Crippen LogP contribution < -0.4 is 20.1 Å². The molecule has 2 N–H and O–H groups in total. The summed E-state index contributed by atoms with van der Waals surface area (Å²) in [6.07, 6.45) is 5.63. The Balaban J connectivity index is 1.64. The molecular formula is C22H29N3O3. The molecule has 1 amide bonds. The fourth-order valence-electron chi connectivity index (χ4n) is 3.28. The van der Waals surface area contributed by atoms with Crippen LogP contribution in [0.1, 0.15) is 42.6 Å². The zero-order valence-electron chi connectivity index (χ0n) is 16.7. The Morgan fingerprint density at radius 3 is 2.75 bits per heavy atom. The number of ether oxygens (including phenoxy) is 2. The van der Waals surface area contributed by atoms with Crippen molar-refractivity contribution < 1.29 is 14.3 Å². The Morgan fingerprint density at radius 2 is 2.04 bits per heavy atom. The molecule has 1 aromatic carbocycles. The standard InChI is InChI=1S/C22H29N3O3/c1-3-27-20-13-18(21(26)25-16-22(2)8-11-23-12-9-22)6-7-19(20)28-15-17-5-4-10-24-14-17/h4-7,10,13-14,23H,3,8-9,11-12,15-16H2,1-2H3,(H,25,26). The van der Waals surface area contributed by atoms with E-state index in [9.17, 15) is 4.79 Å². The van der Waals surface area contributed by atoms with Crippen molar-refractivity contribution in [3.8, 4) is 11.5 Å². The Kier molecular flexibility index (Phi) is 6.87. The van der Waals surface area contributed by atoms with E-state index in [1.165, 1.54) is 0 Å². The normalized spacial score (nSPS) is 15.6. The van der Waals surface area contributed by atoms with Crippen LogP contribution in [0.5, 0.6) is 11.5 Å². The van der Waals surface area contributed by atoms with Gasteiger partial charge in [-0.3, -0.25) is 9.78 Å². The number of benzene rings is 1. The lowest BCUT2D eigenvalue weighted by Crippen LogP contribution is -2.42. The van der Waals surface area contributed by atoms with Gasteiger partial charge in [0.1, 0.15) is 6.61 Å². The van der Waals surface area contributed by atoms with Crippen LogP contribution in [0.2, 0.25) is 0 Å². The number of aromatic nitrogens is 1. The summed E-state index contributed by atoms with van der Waals surface area (Å²) in [5.74, 6) is 1.11. The lowest BCUT2D eigenvalue weighted by Gasteiger charge is -2.34. The molecule has 1 aliphatic rings. The van der Waals surface area contributed by atoms with Gasteiger partial charge < -0.3 is 20.1 Å². The van der Waals surface area contributed by atoms with E-state index in [2.05, 4.69) is 22.5 Å². The van der Waals surface area contributed by atoms with Gasteiger partial charge in [0.25, 0.3) is 5.91 Å².